The summed E-state index contributed by atoms with van der Waals surface area (Å²) in [4.78, 5) is 0. The monoisotopic (exact) mass is 716 g/mol. The molecule has 0 saturated heterocycles. The van der Waals surface area contributed by atoms with Gasteiger partial charge in [0.1, 0.15) is 0 Å². The quantitative estimate of drug-likeness (QED) is 0.148. The van der Waals surface area contributed by atoms with Crippen molar-refractivity contribution in [2.75, 3.05) is 0 Å². The van der Waals surface area contributed by atoms with Crippen LogP contribution < -0.4 is 0 Å². The minimum absolute atomic E-state index is 0.0422. The molecule has 2 rings (SSSR count). The second kappa shape index (κ2) is 11.6. The molecule has 0 bridgehead atoms. The average Bonchev–Trinajstić information content (AvgIpc) is 2.88. The molecule has 0 aromatic carbocycles. The van der Waals surface area contributed by atoms with Gasteiger partial charge >= 0.3 is 59.2 Å². The Kier molecular flexibility index (Phi) is 10.3. The van der Waals surface area contributed by atoms with Crippen LogP contribution in [-0.2, 0) is 0 Å². The van der Waals surface area contributed by atoms with E-state index in [4.69, 9.17) is 0 Å². The Morgan fingerprint density at radius 2 is 0.523 bits per heavy atom. The SMILES string of the molecule is FC(F)(F)C(F)(F)C(F)(F)C(F)(F)C(F)(F)C(F)(F)C(F)(F)C(F)(F)C(F)(F)C(F)(F)P(C1CCCCC1)C1CCCCC1. The van der Waals surface area contributed by atoms with Gasteiger partial charge in [0.15, 0.2) is 0 Å². The lowest BCUT2D eigenvalue weighted by Gasteiger charge is -2.48. The van der Waals surface area contributed by atoms with Gasteiger partial charge in [0, 0.05) is 0 Å². The van der Waals surface area contributed by atoms with Gasteiger partial charge in [-0.1, -0.05) is 38.5 Å². The Morgan fingerprint density at radius 3 is 0.773 bits per heavy atom. The van der Waals surface area contributed by atoms with Gasteiger partial charge < -0.3 is 0 Å². The first-order chi connectivity index (χ1) is 19.3. The smallest absolute Gasteiger partial charge is 0.195 e. The Bertz CT molecular complexity index is 970. The van der Waals surface area contributed by atoms with Gasteiger partial charge in [-0.15, -0.1) is 0 Å². The minimum Gasteiger partial charge on any atom is -0.195 e. The Labute approximate surface area is 235 Å². The molecule has 44 heavy (non-hydrogen) atoms. The van der Waals surface area contributed by atoms with E-state index in [1.165, 1.54) is 0 Å². The molecule has 0 heterocycles. The van der Waals surface area contributed by atoms with Crippen molar-refractivity contribution < 1.29 is 92.2 Å². The summed E-state index contributed by atoms with van der Waals surface area (Å²) in [6.07, 6.45) is -8.61. The first kappa shape index (κ1) is 39.1. The highest BCUT2D eigenvalue weighted by Crippen LogP contribution is 2.73. The molecule has 22 heteroatoms. The van der Waals surface area contributed by atoms with E-state index < -0.39 is 78.5 Å². The van der Waals surface area contributed by atoms with Crippen LogP contribution >= 0.6 is 7.92 Å². The fraction of sp³-hybridized carbons (Fsp3) is 1.00. The van der Waals surface area contributed by atoms with Crippen LogP contribution in [0.4, 0.5) is 92.2 Å². The number of alkyl halides is 21. The number of rotatable bonds is 11. The van der Waals surface area contributed by atoms with E-state index in [0.29, 0.717) is 12.8 Å². The first-order valence-electron chi connectivity index (χ1n) is 12.6. The molecule has 0 spiro atoms. The molecule has 0 unspecified atom stereocenters. The summed E-state index contributed by atoms with van der Waals surface area (Å²) in [5.41, 5.74) is -9.59. The summed E-state index contributed by atoms with van der Waals surface area (Å²) < 4.78 is 291. The first-order valence-corrected chi connectivity index (χ1v) is 14.1. The lowest BCUT2D eigenvalue weighted by Crippen LogP contribution is -2.76. The third kappa shape index (κ3) is 5.41. The van der Waals surface area contributed by atoms with Crippen molar-refractivity contribution in [1.82, 2.24) is 0 Å². The molecule has 262 valence electrons. The molecule has 2 aliphatic rings. The summed E-state index contributed by atoms with van der Waals surface area (Å²) in [7, 11) is -3.89. The Balaban J connectivity index is 2.69. The molecule has 2 aliphatic carbocycles. The molecular formula is C22H22F21P. The average molecular weight is 716 g/mol. The molecule has 0 radical (unpaired) electrons. The number of hydrogen-bond acceptors (Lipinski definition) is 0. The zero-order valence-electron chi connectivity index (χ0n) is 21.6. The predicted molar refractivity (Wildman–Crippen MR) is 111 cm³/mol. The van der Waals surface area contributed by atoms with Crippen LogP contribution in [0.2, 0.25) is 0 Å². The molecule has 0 nitrogen and oxygen atoms in total. The Hall–Kier alpha value is -1.04. The third-order valence-electron chi connectivity index (χ3n) is 7.75. The van der Waals surface area contributed by atoms with E-state index in [1.54, 1.807) is 0 Å². The lowest BCUT2D eigenvalue weighted by atomic mass is 9.87. The fourth-order valence-corrected chi connectivity index (χ4v) is 9.01. The van der Waals surface area contributed by atoms with Crippen molar-refractivity contribution in [2.24, 2.45) is 0 Å². The number of halogens is 21. The van der Waals surface area contributed by atoms with Gasteiger partial charge in [-0.05, 0) is 44.9 Å². The minimum atomic E-state index is -9.13. The van der Waals surface area contributed by atoms with Crippen LogP contribution in [0.5, 0.6) is 0 Å². The molecule has 0 amide bonds. The van der Waals surface area contributed by atoms with Gasteiger partial charge in [0.25, 0.3) is 0 Å². The molecule has 0 aromatic heterocycles. The van der Waals surface area contributed by atoms with Gasteiger partial charge in [0.2, 0.25) is 0 Å². The Morgan fingerprint density at radius 1 is 0.295 bits per heavy atom. The maximum absolute atomic E-state index is 15.4. The summed E-state index contributed by atoms with van der Waals surface area (Å²) in [5, 5.41) is 0. The molecule has 0 aliphatic heterocycles. The largest absolute Gasteiger partial charge is 0.460 e. The molecule has 0 atom stereocenters. The zero-order chi connectivity index (χ0) is 34.8. The van der Waals surface area contributed by atoms with E-state index in [1.807, 2.05) is 0 Å². The maximum Gasteiger partial charge on any atom is 0.460 e. The van der Waals surface area contributed by atoms with Gasteiger partial charge in [0.05, 0.1) is 0 Å². The summed E-state index contributed by atoms with van der Waals surface area (Å²) in [6.45, 7) is 0. The van der Waals surface area contributed by atoms with Crippen molar-refractivity contribution in [3.8, 4) is 0 Å². The van der Waals surface area contributed by atoms with Crippen molar-refractivity contribution >= 4 is 7.92 Å². The molecule has 2 fully saturated rings. The van der Waals surface area contributed by atoms with E-state index in [-0.39, 0.29) is 51.4 Å². The summed E-state index contributed by atoms with van der Waals surface area (Å²) >= 11 is 0. The maximum atomic E-state index is 15.4. The van der Waals surface area contributed by atoms with Crippen molar-refractivity contribution in [3.05, 3.63) is 0 Å². The molecule has 2 saturated carbocycles. The highest BCUT2D eigenvalue weighted by molar-refractivity contribution is 7.60. The topological polar surface area (TPSA) is 0 Å². The van der Waals surface area contributed by atoms with Gasteiger partial charge in [-0.2, -0.15) is 92.2 Å². The van der Waals surface area contributed by atoms with Crippen molar-refractivity contribution in [2.45, 2.75) is 135 Å². The molecule has 0 N–H and O–H groups in total. The summed E-state index contributed by atoms with van der Waals surface area (Å²) in [5.74, 6) is -69.7. The van der Waals surface area contributed by atoms with Crippen LogP contribution in [0.25, 0.3) is 0 Å². The van der Waals surface area contributed by atoms with Crippen LogP contribution in [0.1, 0.15) is 64.2 Å². The second-order valence-electron chi connectivity index (χ2n) is 10.6. The number of hydrogen-bond donors (Lipinski definition) is 0. The predicted octanol–water partition coefficient (Wildman–Crippen LogP) is 11.4. The highest BCUT2D eigenvalue weighted by Gasteiger charge is 2.98. The zero-order valence-corrected chi connectivity index (χ0v) is 22.5. The van der Waals surface area contributed by atoms with Crippen LogP contribution in [0.3, 0.4) is 0 Å². The normalized spacial score (nSPS) is 20.9. The van der Waals surface area contributed by atoms with Gasteiger partial charge in [-0.3, -0.25) is 0 Å². The van der Waals surface area contributed by atoms with E-state index in [9.17, 15) is 83.4 Å². The second-order valence-corrected chi connectivity index (χ2v) is 13.5. The van der Waals surface area contributed by atoms with E-state index in [0.717, 1.165) is 0 Å². The summed E-state index contributed by atoms with van der Waals surface area (Å²) in [6, 6.07) is 0. The van der Waals surface area contributed by atoms with Crippen molar-refractivity contribution in [3.63, 3.8) is 0 Å². The van der Waals surface area contributed by atoms with Gasteiger partial charge in [-0.25, -0.2) is 0 Å². The third-order valence-corrected chi connectivity index (χ3v) is 11.3. The highest BCUT2D eigenvalue weighted by atomic mass is 31.1. The van der Waals surface area contributed by atoms with Crippen LogP contribution in [0.15, 0.2) is 0 Å². The van der Waals surface area contributed by atoms with E-state index in [2.05, 4.69) is 0 Å². The van der Waals surface area contributed by atoms with Crippen LogP contribution in [-0.4, -0.2) is 70.5 Å². The van der Waals surface area contributed by atoms with Crippen molar-refractivity contribution in [1.29, 1.82) is 0 Å². The standard InChI is InChI=1S/C22H22F21P/c23-13(24,15(27,28)17(31,32)19(35,36)21(39,40)41)14(25,26)16(29,30)18(33,34)20(37,38)22(42,43)44(11-7-3-1-4-8-11)12-9-5-2-6-10-12/h11-12H,1-10H2. The molecular weight excluding hydrogens is 694 g/mol. The fourth-order valence-electron chi connectivity index (χ4n) is 5.19. The lowest BCUT2D eigenvalue weighted by molar-refractivity contribution is -0.472. The van der Waals surface area contributed by atoms with E-state index >= 15 is 8.78 Å². The molecule has 0 aromatic rings. The van der Waals surface area contributed by atoms with Crippen LogP contribution in [0, 0.1) is 0 Å².